The molecule has 10 heavy (non-hydrogen) atoms. The van der Waals surface area contributed by atoms with Crippen LogP contribution in [-0.2, 0) is 6.42 Å². The second-order valence-electron chi connectivity index (χ2n) is 2.20. The van der Waals surface area contributed by atoms with Crippen molar-refractivity contribution in [2.45, 2.75) is 25.1 Å². The number of aromatic nitrogens is 2. The summed E-state index contributed by atoms with van der Waals surface area (Å²) in [5.74, 6) is 0. The molecule has 0 saturated carbocycles. The van der Waals surface area contributed by atoms with Crippen LogP contribution in [0.4, 0.5) is 0 Å². The molecular weight excluding hydrogens is 212 g/mol. The van der Waals surface area contributed by atoms with E-state index < -0.39 is 0 Å². The fourth-order valence-corrected chi connectivity index (χ4v) is 2.02. The molecule has 2 nitrogen and oxygen atoms in total. The first-order valence-electron chi connectivity index (χ1n) is 3.11. The lowest BCUT2D eigenvalue weighted by Gasteiger charge is -1.94. The average Bonchev–Trinajstić information content (AvgIpc) is 2.13. The molecule has 0 aliphatic heterocycles. The van der Waals surface area contributed by atoms with Crippen molar-refractivity contribution in [2.75, 3.05) is 0 Å². The van der Waals surface area contributed by atoms with Crippen LogP contribution in [0.25, 0.3) is 0 Å². The second kappa shape index (κ2) is 3.44. The van der Waals surface area contributed by atoms with Crippen molar-refractivity contribution in [3.8, 4) is 0 Å². The van der Waals surface area contributed by atoms with Gasteiger partial charge in [-0.2, -0.15) is 0 Å². The highest BCUT2D eigenvalue weighted by Gasteiger charge is 2.03. The Bertz CT molecular complexity index is 209. The molecule has 56 valence electrons. The van der Waals surface area contributed by atoms with Crippen molar-refractivity contribution >= 4 is 27.3 Å². The van der Waals surface area contributed by atoms with Crippen LogP contribution in [0.5, 0.6) is 0 Å². The van der Waals surface area contributed by atoms with Crippen LogP contribution in [0.3, 0.4) is 0 Å². The Kier molecular flexibility index (Phi) is 2.80. The second-order valence-corrected chi connectivity index (χ2v) is 5.03. The minimum absolute atomic E-state index is 0.500. The predicted octanol–water partition coefficient (Wildman–Crippen LogP) is 2.17. The summed E-state index contributed by atoms with van der Waals surface area (Å²) >= 11 is 5.12. The molecule has 0 spiro atoms. The van der Waals surface area contributed by atoms with E-state index in [1.807, 2.05) is 6.92 Å². The first-order chi connectivity index (χ1) is 4.68. The van der Waals surface area contributed by atoms with E-state index in [9.17, 15) is 0 Å². The smallest absolute Gasteiger partial charge is 0.118 e. The maximum absolute atomic E-state index is 3.99. The van der Waals surface area contributed by atoms with E-state index in [1.165, 1.54) is 0 Å². The highest BCUT2D eigenvalue weighted by atomic mass is 79.9. The van der Waals surface area contributed by atoms with E-state index in [4.69, 9.17) is 0 Å². The molecule has 0 aliphatic carbocycles. The van der Waals surface area contributed by atoms with Crippen LogP contribution in [0, 0.1) is 6.92 Å². The molecule has 0 aromatic carbocycles. The van der Waals surface area contributed by atoms with Gasteiger partial charge in [-0.3, -0.25) is 0 Å². The Hall–Kier alpha value is 0.0400. The van der Waals surface area contributed by atoms with E-state index in [1.54, 1.807) is 11.3 Å². The zero-order valence-electron chi connectivity index (χ0n) is 5.97. The number of nitrogens with zero attached hydrogens (tertiary/aromatic N) is 2. The largest absolute Gasteiger partial charge is 0.144 e. The predicted molar refractivity (Wildman–Crippen MR) is 46.7 cm³/mol. The minimum Gasteiger partial charge on any atom is -0.144 e. The van der Waals surface area contributed by atoms with Crippen molar-refractivity contribution < 1.29 is 0 Å². The number of alkyl halides is 1. The van der Waals surface area contributed by atoms with Crippen LogP contribution in [0.2, 0.25) is 0 Å². The molecule has 1 aromatic rings. The van der Waals surface area contributed by atoms with Crippen LogP contribution < -0.4 is 0 Å². The number of hydrogen-bond donors (Lipinski definition) is 0. The summed E-state index contributed by atoms with van der Waals surface area (Å²) < 4.78 is 0. The SMILES string of the molecule is Cc1nnc(CC(C)Br)s1. The number of hydrogen-bond acceptors (Lipinski definition) is 3. The van der Waals surface area contributed by atoms with E-state index in [0.29, 0.717) is 4.83 Å². The van der Waals surface area contributed by atoms with Gasteiger partial charge in [-0.25, -0.2) is 0 Å². The third kappa shape index (κ3) is 2.34. The zero-order valence-corrected chi connectivity index (χ0v) is 8.37. The molecule has 0 radical (unpaired) electrons. The third-order valence-electron chi connectivity index (χ3n) is 1.02. The lowest BCUT2D eigenvalue weighted by Crippen LogP contribution is -1.94. The molecule has 1 rings (SSSR count). The van der Waals surface area contributed by atoms with Gasteiger partial charge in [0.1, 0.15) is 10.0 Å². The molecule has 0 amide bonds. The molecule has 1 unspecified atom stereocenters. The standard InChI is InChI=1S/C6H9BrN2S/c1-4(7)3-6-9-8-5(2)10-6/h4H,3H2,1-2H3. The van der Waals surface area contributed by atoms with Crippen molar-refractivity contribution in [2.24, 2.45) is 0 Å². The van der Waals surface area contributed by atoms with Gasteiger partial charge >= 0.3 is 0 Å². The van der Waals surface area contributed by atoms with Gasteiger partial charge in [-0.15, -0.1) is 21.5 Å². The van der Waals surface area contributed by atoms with E-state index in [0.717, 1.165) is 16.4 Å². The van der Waals surface area contributed by atoms with Gasteiger partial charge in [-0.1, -0.05) is 22.9 Å². The average molecular weight is 221 g/mol. The van der Waals surface area contributed by atoms with Gasteiger partial charge in [0, 0.05) is 11.2 Å². The van der Waals surface area contributed by atoms with Gasteiger partial charge in [0.2, 0.25) is 0 Å². The third-order valence-corrected chi connectivity index (χ3v) is 2.21. The molecule has 1 atom stereocenters. The first-order valence-corrected chi connectivity index (χ1v) is 4.85. The molecule has 1 aromatic heterocycles. The Balaban J connectivity index is 2.58. The topological polar surface area (TPSA) is 25.8 Å². The summed E-state index contributed by atoms with van der Waals surface area (Å²) in [6.07, 6.45) is 0.978. The molecule has 0 bridgehead atoms. The Morgan fingerprint density at radius 1 is 1.60 bits per heavy atom. The van der Waals surface area contributed by atoms with Gasteiger partial charge in [-0.05, 0) is 6.92 Å². The normalized spacial score (nSPS) is 13.5. The Morgan fingerprint density at radius 2 is 2.30 bits per heavy atom. The Labute approximate surface area is 72.8 Å². The lowest BCUT2D eigenvalue weighted by atomic mass is 10.4. The summed E-state index contributed by atoms with van der Waals surface area (Å²) in [5, 5.41) is 10.1. The highest BCUT2D eigenvalue weighted by Crippen LogP contribution is 2.13. The number of halogens is 1. The van der Waals surface area contributed by atoms with Crippen molar-refractivity contribution in [3.63, 3.8) is 0 Å². The maximum Gasteiger partial charge on any atom is 0.118 e. The summed E-state index contributed by atoms with van der Waals surface area (Å²) in [6.45, 7) is 4.08. The molecule has 0 saturated heterocycles. The summed E-state index contributed by atoms with van der Waals surface area (Å²) in [4.78, 5) is 0.500. The van der Waals surface area contributed by atoms with Crippen molar-refractivity contribution in [1.29, 1.82) is 0 Å². The Morgan fingerprint density at radius 3 is 2.70 bits per heavy atom. The summed E-state index contributed by atoms with van der Waals surface area (Å²) in [6, 6.07) is 0. The van der Waals surface area contributed by atoms with Crippen LogP contribution >= 0.6 is 27.3 Å². The fraction of sp³-hybridized carbons (Fsp3) is 0.667. The molecule has 1 heterocycles. The van der Waals surface area contributed by atoms with E-state index in [2.05, 4.69) is 33.1 Å². The molecule has 0 aliphatic rings. The summed E-state index contributed by atoms with van der Waals surface area (Å²) in [5.41, 5.74) is 0. The van der Waals surface area contributed by atoms with Crippen LogP contribution in [-0.4, -0.2) is 15.0 Å². The van der Waals surface area contributed by atoms with E-state index in [-0.39, 0.29) is 0 Å². The maximum atomic E-state index is 3.99. The first kappa shape index (κ1) is 8.14. The van der Waals surface area contributed by atoms with Gasteiger partial charge in [0.15, 0.2) is 0 Å². The van der Waals surface area contributed by atoms with Gasteiger partial charge in [0.25, 0.3) is 0 Å². The van der Waals surface area contributed by atoms with Crippen LogP contribution in [0.1, 0.15) is 16.9 Å². The van der Waals surface area contributed by atoms with Gasteiger partial charge < -0.3 is 0 Å². The van der Waals surface area contributed by atoms with Crippen LogP contribution in [0.15, 0.2) is 0 Å². The molecule has 4 heteroatoms. The zero-order chi connectivity index (χ0) is 7.56. The highest BCUT2D eigenvalue weighted by molar-refractivity contribution is 9.09. The number of rotatable bonds is 2. The van der Waals surface area contributed by atoms with Crippen molar-refractivity contribution in [3.05, 3.63) is 10.0 Å². The summed E-state index contributed by atoms with van der Waals surface area (Å²) in [7, 11) is 0. The molecule has 0 N–H and O–H groups in total. The minimum atomic E-state index is 0.500. The van der Waals surface area contributed by atoms with E-state index >= 15 is 0 Å². The van der Waals surface area contributed by atoms with Crippen molar-refractivity contribution in [1.82, 2.24) is 10.2 Å². The molecule has 0 fully saturated rings. The van der Waals surface area contributed by atoms with Gasteiger partial charge in [0.05, 0.1) is 0 Å². The number of aryl methyl sites for hydroxylation is 1. The molecular formula is C6H9BrN2S. The lowest BCUT2D eigenvalue weighted by molar-refractivity contribution is 0.898. The monoisotopic (exact) mass is 220 g/mol. The quantitative estimate of drug-likeness (QED) is 0.715. The fourth-order valence-electron chi connectivity index (χ4n) is 0.661.